The number of carboxylic acid groups (broad SMARTS) is 1. The van der Waals surface area contributed by atoms with Crippen LogP contribution in [0.2, 0.25) is 0 Å². The smallest absolute Gasteiger partial charge is 0.335 e. The first-order valence-corrected chi connectivity index (χ1v) is 31.6. The molecule has 79 heavy (non-hydrogen) atoms. The molecule has 0 saturated carbocycles. The third-order valence-electron chi connectivity index (χ3n) is 14.0. The maximum Gasteiger partial charge on any atom is 0.335 e. The molecule has 0 radical (unpaired) electrons. The summed E-state index contributed by atoms with van der Waals surface area (Å²) in [5.74, 6) is -3.24. The van der Waals surface area contributed by atoms with Crippen molar-refractivity contribution in [3.8, 4) is 0 Å². The zero-order valence-electron chi connectivity index (χ0n) is 49.8. The van der Waals surface area contributed by atoms with Gasteiger partial charge in [0, 0.05) is 19.3 Å². The summed E-state index contributed by atoms with van der Waals surface area (Å²) in [6.07, 6.45) is 58.6. The average Bonchev–Trinajstić information content (AvgIpc) is 3.48. The van der Waals surface area contributed by atoms with Gasteiger partial charge in [0.1, 0.15) is 18.8 Å². The number of allylic oxidation sites excluding steroid dienone is 14. The normalized spacial score (nSPS) is 18.4. The number of aliphatic hydroxyl groups is 2. The lowest BCUT2D eigenvalue weighted by molar-refractivity contribution is -0.301. The molecular formula is C67H112O12. The molecule has 1 fully saturated rings. The fraction of sp³-hybridized carbons (Fsp3) is 0.731. The van der Waals surface area contributed by atoms with Crippen LogP contribution >= 0.6 is 0 Å². The van der Waals surface area contributed by atoms with Crippen LogP contribution in [0.5, 0.6) is 0 Å². The number of carboxylic acids is 1. The lowest BCUT2D eigenvalue weighted by Crippen LogP contribution is -2.61. The summed E-state index contributed by atoms with van der Waals surface area (Å²) in [5.41, 5.74) is 0. The molecule has 0 spiro atoms. The van der Waals surface area contributed by atoms with E-state index in [9.17, 15) is 34.5 Å². The second-order valence-electron chi connectivity index (χ2n) is 21.3. The Bertz CT molecular complexity index is 1700. The van der Waals surface area contributed by atoms with Gasteiger partial charge in [-0.25, -0.2) is 4.79 Å². The molecule has 1 aliphatic rings. The van der Waals surface area contributed by atoms with Gasteiger partial charge >= 0.3 is 23.9 Å². The molecule has 0 amide bonds. The van der Waals surface area contributed by atoms with Gasteiger partial charge in [0.2, 0.25) is 0 Å². The Morgan fingerprint density at radius 3 is 1.30 bits per heavy atom. The van der Waals surface area contributed by atoms with Crippen LogP contribution in [0.3, 0.4) is 0 Å². The fourth-order valence-corrected chi connectivity index (χ4v) is 9.14. The van der Waals surface area contributed by atoms with E-state index in [0.29, 0.717) is 19.3 Å². The molecule has 6 atom stereocenters. The van der Waals surface area contributed by atoms with Gasteiger partial charge in [-0.15, -0.1) is 0 Å². The van der Waals surface area contributed by atoms with Crippen molar-refractivity contribution in [2.75, 3.05) is 13.2 Å². The van der Waals surface area contributed by atoms with Crippen molar-refractivity contribution in [3.05, 3.63) is 85.1 Å². The number of hydrogen-bond acceptors (Lipinski definition) is 11. The molecule has 1 heterocycles. The van der Waals surface area contributed by atoms with E-state index in [1.807, 2.05) is 12.2 Å². The molecule has 12 heteroatoms. The van der Waals surface area contributed by atoms with Crippen molar-refractivity contribution in [1.29, 1.82) is 0 Å². The number of unbranched alkanes of at least 4 members (excludes halogenated alkanes) is 25. The number of esters is 3. The number of carbonyl (C=O) groups excluding carboxylic acids is 3. The molecule has 3 N–H and O–H groups in total. The highest BCUT2D eigenvalue weighted by Gasteiger charge is 2.50. The Morgan fingerprint density at radius 2 is 0.835 bits per heavy atom. The first-order chi connectivity index (χ1) is 38.6. The number of rotatable bonds is 53. The molecule has 1 aliphatic heterocycles. The van der Waals surface area contributed by atoms with E-state index in [4.69, 9.17) is 23.7 Å². The monoisotopic (exact) mass is 1110 g/mol. The molecule has 1 saturated heterocycles. The predicted molar refractivity (Wildman–Crippen MR) is 321 cm³/mol. The van der Waals surface area contributed by atoms with E-state index in [1.165, 1.54) is 103 Å². The fourth-order valence-electron chi connectivity index (χ4n) is 9.14. The number of hydrogen-bond donors (Lipinski definition) is 3. The van der Waals surface area contributed by atoms with Crippen LogP contribution in [0.15, 0.2) is 85.1 Å². The summed E-state index contributed by atoms with van der Waals surface area (Å²) in [4.78, 5) is 51.1. The van der Waals surface area contributed by atoms with Crippen LogP contribution in [-0.2, 0) is 42.9 Å². The summed E-state index contributed by atoms with van der Waals surface area (Å²) in [6, 6.07) is 0. The minimum absolute atomic E-state index is 0.0537. The topological polar surface area (TPSA) is 175 Å². The van der Waals surface area contributed by atoms with Crippen LogP contribution in [0, 0.1) is 0 Å². The van der Waals surface area contributed by atoms with Gasteiger partial charge in [-0.05, 0) is 77.0 Å². The van der Waals surface area contributed by atoms with Crippen molar-refractivity contribution in [2.24, 2.45) is 0 Å². The second-order valence-corrected chi connectivity index (χ2v) is 21.3. The summed E-state index contributed by atoms with van der Waals surface area (Å²) >= 11 is 0. The van der Waals surface area contributed by atoms with Gasteiger partial charge < -0.3 is 39.0 Å². The minimum Gasteiger partial charge on any atom is -0.479 e. The highest BCUT2D eigenvalue weighted by Crippen LogP contribution is 2.26. The van der Waals surface area contributed by atoms with Crippen LogP contribution in [0.1, 0.15) is 265 Å². The van der Waals surface area contributed by atoms with Gasteiger partial charge in [-0.2, -0.15) is 0 Å². The standard InChI is InChI=1S/C67H112O12/c1-4-7-10-13-16-19-22-24-26-28-30-32-34-36-39-41-44-47-50-53-59(68)75-56-58(77-60(69)54-51-48-45-42-38-21-18-15-12-9-6-3)57-76-67-65(63(72)62(71)64(79-67)66(73)74)78-61(70)55-52-49-46-43-40-37-35-33-31-29-27-25-23-20-17-14-11-8-5-2/h7,10,15-16,18-19,24,26,30,32,36,39,44,47,58,62-65,67,71-72H,4-6,8-9,11-14,17,20-23,25,27-29,31,33-35,37-38,40-43,45-46,48-57H2,1-3H3,(H,73,74)/b10-7-,18-15-,19-16-,26-24-,32-30-,39-36-,47-44-. The molecule has 0 aromatic carbocycles. The van der Waals surface area contributed by atoms with E-state index < -0.39 is 67.3 Å². The van der Waals surface area contributed by atoms with Crippen LogP contribution in [0.25, 0.3) is 0 Å². The third-order valence-corrected chi connectivity index (χ3v) is 14.0. The Kier molecular flexibility index (Phi) is 50.3. The molecule has 1 rings (SSSR count). The first-order valence-electron chi connectivity index (χ1n) is 31.6. The molecular weight excluding hydrogens is 997 g/mol. The quantitative estimate of drug-likeness (QED) is 0.0228. The van der Waals surface area contributed by atoms with Gasteiger partial charge in [0.05, 0.1) is 6.61 Å². The Balaban J connectivity index is 2.67. The SMILES string of the molecule is CC/C=C\C/C=C\C/C=C\C/C=C\C/C=C\C/C=C\CCC(=O)OCC(COC1OC(C(=O)O)C(O)C(O)C1OC(=O)CCCCCCCCCCCCCCCCCCCCC)OC(=O)CCCCCCC/C=C\CCCC. The number of aliphatic carboxylic acids is 1. The maximum atomic E-state index is 13.1. The van der Waals surface area contributed by atoms with E-state index in [-0.39, 0.29) is 25.9 Å². The molecule has 12 nitrogen and oxygen atoms in total. The molecule has 0 bridgehead atoms. The summed E-state index contributed by atoms with van der Waals surface area (Å²) in [6.45, 7) is 5.79. The summed E-state index contributed by atoms with van der Waals surface area (Å²) < 4.78 is 28.4. The molecule has 0 aromatic rings. The Hall–Kier alpha value is -4.10. The van der Waals surface area contributed by atoms with Gasteiger partial charge in [0.15, 0.2) is 24.6 Å². The zero-order chi connectivity index (χ0) is 57.5. The van der Waals surface area contributed by atoms with Crippen LogP contribution < -0.4 is 0 Å². The minimum atomic E-state index is -1.91. The summed E-state index contributed by atoms with van der Waals surface area (Å²) in [7, 11) is 0. The molecule has 6 unspecified atom stereocenters. The number of aliphatic hydroxyl groups excluding tert-OH is 2. The van der Waals surface area contributed by atoms with E-state index in [1.54, 1.807) is 0 Å². The van der Waals surface area contributed by atoms with Crippen molar-refractivity contribution >= 4 is 23.9 Å². The van der Waals surface area contributed by atoms with E-state index in [0.717, 1.165) is 103 Å². The van der Waals surface area contributed by atoms with E-state index >= 15 is 0 Å². The van der Waals surface area contributed by atoms with Crippen LogP contribution in [0.4, 0.5) is 0 Å². The summed E-state index contributed by atoms with van der Waals surface area (Å²) in [5, 5.41) is 31.5. The Labute approximate surface area is 480 Å². The largest absolute Gasteiger partial charge is 0.479 e. The van der Waals surface area contributed by atoms with E-state index in [2.05, 4.69) is 93.7 Å². The van der Waals surface area contributed by atoms with Crippen molar-refractivity contribution < 1.29 is 58.2 Å². The van der Waals surface area contributed by atoms with Gasteiger partial charge in [0.25, 0.3) is 0 Å². The maximum absolute atomic E-state index is 13.1. The first kappa shape index (κ1) is 72.9. The van der Waals surface area contributed by atoms with Crippen molar-refractivity contribution in [1.82, 2.24) is 0 Å². The highest BCUT2D eigenvalue weighted by molar-refractivity contribution is 5.74. The van der Waals surface area contributed by atoms with Gasteiger partial charge in [-0.3, -0.25) is 14.4 Å². The molecule has 452 valence electrons. The predicted octanol–water partition coefficient (Wildman–Crippen LogP) is 16.7. The Morgan fingerprint density at radius 1 is 0.430 bits per heavy atom. The van der Waals surface area contributed by atoms with Gasteiger partial charge in [-0.1, -0.05) is 254 Å². The van der Waals surface area contributed by atoms with Crippen LogP contribution in [-0.4, -0.2) is 89.2 Å². The molecule has 0 aromatic heterocycles. The highest BCUT2D eigenvalue weighted by atomic mass is 16.7. The third kappa shape index (κ3) is 44.3. The zero-order valence-corrected chi connectivity index (χ0v) is 49.8. The second kappa shape index (κ2) is 54.5. The number of carbonyl (C=O) groups is 4. The lowest BCUT2D eigenvalue weighted by Gasteiger charge is -2.40. The average molecular weight is 1110 g/mol. The van der Waals surface area contributed by atoms with Crippen molar-refractivity contribution in [3.63, 3.8) is 0 Å². The number of ether oxygens (including phenoxy) is 5. The van der Waals surface area contributed by atoms with Crippen molar-refractivity contribution in [2.45, 2.75) is 302 Å². The molecule has 0 aliphatic carbocycles. The lowest BCUT2D eigenvalue weighted by atomic mass is 9.98.